The summed E-state index contributed by atoms with van der Waals surface area (Å²) in [4.78, 5) is 22.0. The van der Waals surface area contributed by atoms with Crippen LogP contribution >= 0.6 is 0 Å². The third-order valence-electron chi connectivity index (χ3n) is 7.03. The largest absolute Gasteiger partial charge is 0.496 e. The summed E-state index contributed by atoms with van der Waals surface area (Å²) in [6.45, 7) is 3.92. The third-order valence-corrected chi connectivity index (χ3v) is 8.72. The predicted octanol–water partition coefficient (Wildman–Crippen LogP) is 4.22. The lowest BCUT2D eigenvalue weighted by atomic mass is 10.1. The van der Waals surface area contributed by atoms with Gasteiger partial charge in [-0.15, -0.1) is 0 Å². The van der Waals surface area contributed by atoms with Gasteiger partial charge >= 0.3 is 0 Å². The number of piperazine rings is 1. The number of carbonyl (C=O) groups excluding carboxylic acids is 1. The molecule has 0 spiro atoms. The van der Waals surface area contributed by atoms with E-state index < -0.39 is 9.84 Å². The second-order valence-corrected chi connectivity index (χ2v) is 11.4. The minimum absolute atomic E-state index is 0.0707. The van der Waals surface area contributed by atoms with E-state index in [1.165, 1.54) is 12.7 Å². The van der Waals surface area contributed by atoms with Gasteiger partial charge in [0.25, 0.3) is 5.91 Å². The number of ether oxygens (including phenoxy) is 1. The number of hydrogen-bond donors (Lipinski definition) is 0. The average molecular weight is 530 g/mol. The molecule has 0 atom stereocenters. The summed E-state index contributed by atoms with van der Waals surface area (Å²) in [7, 11) is -2.21. The number of sulfone groups is 1. The second kappa shape index (κ2) is 11.3. The van der Waals surface area contributed by atoms with Crippen LogP contribution in [-0.4, -0.2) is 68.9 Å². The van der Waals surface area contributed by atoms with Crippen LogP contribution in [0.3, 0.4) is 0 Å². The number of methoxy groups -OCH3 is 1. The molecular weight excluding hydrogens is 498 g/mol. The van der Waals surface area contributed by atoms with Crippen molar-refractivity contribution in [3.05, 3.63) is 102 Å². The summed E-state index contributed by atoms with van der Waals surface area (Å²) in [6, 6.07) is 24.2. The van der Waals surface area contributed by atoms with Crippen LogP contribution in [0.15, 0.2) is 90.0 Å². The van der Waals surface area contributed by atoms with E-state index in [-0.39, 0.29) is 16.6 Å². The Labute approximate surface area is 223 Å². The lowest BCUT2D eigenvalue weighted by molar-refractivity contribution is 0.0638. The number of hydrogen-bond acceptors (Lipinski definition) is 6. The Bertz CT molecular complexity index is 1530. The van der Waals surface area contributed by atoms with E-state index >= 15 is 0 Å². The third kappa shape index (κ3) is 5.71. The molecule has 4 aromatic rings. The number of benzene rings is 3. The summed E-state index contributed by atoms with van der Waals surface area (Å²) in [6.07, 6.45) is 2.58. The van der Waals surface area contributed by atoms with Gasteiger partial charge in [-0.2, -0.15) is 0 Å². The van der Waals surface area contributed by atoms with Crippen molar-refractivity contribution in [2.45, 2.75) is 17.1 Å². The van der Waals surface area contributed by atoms with Gasteiger partial charge in [0, 0.05) is 55.4 Å². The number of amides is 1. The zero-order valence-electron chi connectivity index (χ0n) is 21.4. The SMILES string of the molecule is COc1cc(C(=O)N2CCN(CCc3ccccc3)CC2)ccc1CS(=O)(=O)c1cccc2cccnc12. The minimum atomic E-state index is -3.70. The quantitative estimate of drug-likeness (QED) is 0.340. The van der Waals surface area contributed by atoms with Crippen LogP contribution in [0, 0.1) is 0 Å². The van der Waals surface area contributed by atoms with E-state index in [0.717, 1.165) is 31.4 Å². The van der Waals surface area contributed by atoms with E-state index in [9.17, 15) is 13.2 Å². The van der Waals surface area contributed by atoms with E-state index in [0.29, 0.717) is 35.5 Å². The van der Waals surface area contributed by atoms with Crippen molar-refractivity contribution >= 4 is 26.6 Å². The first-order valence-electron chi connectivity index (χ1n) is 12.7. The lowest BCUT2D eigenvalue weighted by Crippen LogP contribution is -2.49. The van der Waals surface area contributed by atoms with E-state index in [2.05, 4.69) is 34.1 Å². The van der Waals surface area contributed by atoms with Crippen molar-refractivity contribution in [2.75, 3.05) is 39.8 Å². The van der Waals surface area contributed by atoms with E-state index in [1.807, 2.05) is 23.1 Å². The summed E-state index contributed by atoms with van der Waals surface area (Å²) >= 11 is 0. The van der Waals surface area contributed by atoms with Gasteiger partial charge in [0.15, 0.2) is 9.84 Å². The highest BCUT2D eigenvalue weighted by Gasteiger charge is 2.25. The number of aromatic nitrogens is 1. The molecule has 1 fully saturated rings. The molecule has 1 aliphatic heterocycles. The molecule has 0 saturated carbocycles. The van der Waals surface area contributed by atoms with Crippen LogP contribution in [0.1, 0.15) is 21.5 Å². The first-order valence-corrected chi connectivity index (χ1v) is 14.4. The smallest absolute Gasteiger partial charge is 0.254 e. The normalized spacial score (nSPS) is 14.5. The molecule has 0 aliphatic carbocycles. The zero-order chi connectivity index (χ0) is 26.5. The van der Waals surface area contributed by atoms with Crippen molar-refractivity contribution in [2.24, 2.45) is 0 Å². The molecular formula is C30H31N3O4S. The fourth-order valence-corrected chi connectivity index (χ4v) is 6.45. The topological polar surface area (TPSA) is 79.8 Å². The van der Waals surface area contributed by atoms with Gasteiger partial charge in [0.1, 0.15) is 5.75 Å². The molecule has 0 bridgehead atoms. The van der Waals surface area contributed by atoms with Gasteiger partial charge in [0.2, 0.25) is 0 Å². The van der Waals surface area contributed by atoms with E-state index in [4.69, 9.17) is 4.74 Å². The van der Waals surface area contributed by atoms with Crippen LogP contribution in [0.4, 0.5) is 0 Å². The van der Waals surface area contributed by atoms with Crippen LogP contribution < -0.4 is 4.74 Å². The van der Waals surface area contributed by atoms with Crippen LogP contribution in [0.2, 0.25) is 0 Å². The zero-order valence-corrected chi connectivity index (χ0v) is 22.2. The summed E-state index contributed by atoms with van der Waals surface area (Å²) in [5.74, 6) is 0.0632. The van der Waals surface area contributed by atoms with Crippen LogP contribution in [0.5, 0.6) is 5.75 Å². The number of pyridine rings is 1. The van der Waals surface area contributed by atoms with Gasteiger partial charge in [-0.3, -0.25) is 14.7 Å². The molecule has 196 valence electrons. The minimum Gasteiger partial charge on any atom is -0.496 e. The molecule has 0 radical (unpaired) electrons. The molecule has 38 heavy (non-hydrogen) atoms. The molecule has 0 N–H and O–H groups in total. The molecule has 8 heteroatoms. The van der Waals surface area contributed by atoms with Gasteiger partial charge < -0.3 is 9.64 Å². The first kappa shape index (κ1) is 25.9. The molecule has 2 heterocycles. The number of fused-ring (bicyclic) bond motifs is 1. The standard InChI is InChI=1S/C30H31N3O4S/c1-37-27-21-25(30(34)33-19-17-32(18-20-33)16-14-23-7-3-2-4-8-23)12-13-26(27)22-38(35,36)28-11-5-9-24-10-6-15-31-29(24)28/h2-13,15,21H,14,16-20,22H2,1H3. The lowest BCUT2D eigenvalue weighted by Gasteiger charge is -2.34. The predicted molar refractivity (Wildman–Crippen MR) is 148 cm³/mol. The molecule has 3 aromatic carbocycles. The summed E-state index contributed by atoms with van der Waals surface area (Å²) in [5, 5.41) is 0.765. The number of carbonyl (C=O) groups is 1. The highest BCUT2D eigenvalue weighted by Crippen LogP contribution is 2.29. The van der Waals surface area contributed by atoms with Crippen molar-refractivity contribution in [3.63, 3.8) is 0 Å². The molecule has 1 amide bonds. The molecule has 1 aromatic heterocycles. The van der Waals surface area contributed by atoms with E-state index in [1.54, 1.807) is 42.6 Å². The van der Waals surface area contributed by atoms with Crippen molar-refractivity contribution in [3.8, 4) is 5.75 Å². The highest BCUT2D eigenvalue weighted by atomic mass is 32.2. The van der Waals surface area contributed by atoms with Crippen LogP contribution in [0.25, 0.3) is 10.9 Å². The van der Waals surface area contributed by atoms with Gasteiger partial charge in [-0.1, -0.05) is 54.6 Å². The van der Waals surface area contributed by atoms with Crippen LogP contribution in [-0.2, 0) is 22.0 Å². The highest BCUT2D eigenvalue weighted by molar-refractivity contribution is 7.90. The Morgan fingerprint density at radius 1 is 0.921 bits per heavy atom. The summed E-state index contributed by atoms with van der Waals surface area (Å²) in [5.41, 5.74) is 2.76. The van der Waals surface area contributed by atoms with Crippen molar-refractivity contribution in [1.82, 2.24) is 14.8 Å². The molecule has 1 saturated heterocycles. The maximum Gasteiger partial charge on any atom is 0.254 e. The molecule has 7 nitrogen and oxygen atoms in total. The Balaban J connectivity index is 1.25. The second-order valence-electron chi connectivity index (χ2n) is 9.49. The molecule has 0 unspecified atom stereocenters. The fraction of sp³-hybridized carbons (Fsp3) is 0.267. The number of para-hydroxylation sites is 1. The van der Waals surface area contributed by atoms with Gasteiger partial charge in [-0.05, 0) is 36.2 Å². The Hall–Kier alpha value is -3.75. The molecule has 1 aliphatic rings. The van der Waals surface area contributed by atoms with Crippen molar-refractivity contribution in [1.29, 1.82) is 0 Å². The fourth-order valence-electron chi connectivity index (χ4n) is 4.90. The maximum atomic E-state index is 13.3. The Morgan fingerprint density at radius 3 is 2.45 bits per heavy atom. The monoisotopic (exact) mass is 529 g/mol. The first-order chi connectivity index (χ1) is 18.4. The molecule has 5 rings (SSSR count). The van der Waals surface area contributed by atoms with Gasteiger partial charge in [0.05, 0.1) is 23.3 Å². The summed E-state index contributed by atoms with van der Waals surface area (Å²) < 4.78 is 32.2. The van der Waals surface area contributed by atoms with Gasteiger partial charge in [-0.25, -0.2) is 8.42 Å². The average Bonchev–Trinajstić information content (AvgIpc) is 2.96. The maximum absolute atomic E-state index is 13.3. The Morgan fingerprint density at radius 2 is 1.68 bits per heavy atom. The van der Waals surface area contributed by atoms with Crippen molar-refractivity contribution < 1.29 is 17.9 Å². The number of nitrogens with zero attached hydrogens (tertiary/aromatic N) is 3. The Kier molecular flexibility index (Phi) is 7.72. The number of rotatable bonds is 8.